The van der Waals surface area contributed by atoms with Gasteiger partial charge in [-0.05, 0) is 36.4 Å². The molecule has 1 fully saturated rings. The van der Waals surface area contributed by atoms with Gasteiger partial charge >= 0.3 is 0 Å². The van der Waals surface area contributed by atoms with E-state index in [1.165, 1.54) is 11.3 Å². The zero-order valence-corrected chi connectivity index (χ0v) is 18.9. The third-order valence-electron chi connectivity index (χ3n) is 5.87. The number of nitrogens with zero attached hydrogens (tertiary/aromatic N) is 4. The van der Waals surface area contributed by atoms with Crippen LogP contribution in [0.1, 0.15) is 6.42 Å². The Hall–Kier alpha value is -4.12. The van der Waals surface area contributed by atoms with Crippen LogP contribution in [-0.4, -0.2) is 46.9 Å². The smallest absolute Gasteiger partial charge is 0.250 e. The summed E-state index contributed by atoms with van der Waals surface area (Å²) in [6.07, 6.45) is 0.111. The van der Waals surface area contributed by atoms with E-state index in [1.807, 2.05) is 29.6 Å². The van der Waals surface area contributed by atoms with Gasteiger partial charge in [-0.3, -0.25) is 14.9 Å². The van der Waals surface area contributed by atoms with E-state index in [0.717, 1.165) is 17.0 Å². The number of fused-ring (bicyclic) bond motifs is 2. The maximum atomic E-state index is 12.9. The summed E-state index contributed by atoms with van der Waals surface area (Å²) in [5.41, 5.74) is 2.49. The molecule has 2 amide bonds. The zero-order chi connectivity index (χ0) is 23.2. The largest absolute Gasteiger partial charge is 0.497 e. The number of hydrogen-bond acceptors (Lipinski definition) is 8. The van der Waals surface area contributed by atoms with Crippen molar-refractivity contribution in [3.63, 3.8) is 0 Å². The van der Waals surface area contributed by atoms with Gasteiger partial charge in [-0.2, -0.15) is 4.98 Å². The summed E-state index contributed by atoms with van der Waals surface area (Å²) in [5, 5.41) is 9.19. The van der Waals surface area contributed by atoms with Gasteiger partial charge in [-0.1, -0.05) is 0 Å². The third-order valence-corrected chi connectivity index (χ3v) is 6.68. The Labute approximate surface area is 197 Å². The van der Waals surface area contributed by atoms with Crippen molar-refractivity contribution in [2.45, 2.75) is 6.42 Å². The fraction of sp³-hybridized carbons (Fsp3) is 0.217. The third kappa shape index (κ3) is 3.50. The van der Waals surface area contributed by atoms with Crippen LogP contribution in [0.2, 0.25) is 0 Å². The van der Waals surface area contributed by atoms with Gasteiger partial charge in [0, 0.05) is 35.7 Å². The van der Waals surface area contributed by atoms with Crippen LogP contribution >= 0.6 is 11.3 Å². The van der Waals surface area contributed by atoms with Gasteiger partial charge in [-0.25, -0.2) is 4.52 Å². The Morgan fingerprint density at radius 1 is 1.18 bits per heavy atom. The zero-order valence-electron chi connectivity index (χ0n) is 18.1. The van der Waals surface area contributed by atoms with Crippen molar-refractivity contribution in [1.82, 2.24) is 14.6 Å². The first kappa shape index (κ1) is 20.5. The first-order chi connectivity index (χ1) is 16.6. The molecule has 4 heterocycles. The molecule has 2 aliphatic rings. The molecule has 1 unspecified atom stereocenters. The predicted octanol–water partition coefficient (Wildman–Crippen LogP) is 3.19. The van der Waals surface area contributed by atoms with E-state index in [4.69, 9.17) is 14.2 Å². The van der Waals surface area contributed by atoms with Gasteiger partial charge in [0.1, 0.15) is 5.75 Å². The van der Waals surface area contributed by atoms with Gasteiger partial charge < -0.3 is 19.1 Å². The molecule has 2 aromatic carbocycles. The number of aromatic nitrogens is 3. The number of nitrogens with one attached hydrogen (secondary N) is 1. The van der Waals surface area contributed by atoms with Crippen LogP contribution in [0, 0.1) is 5.92 Å². The van der Waals surface area contributed by atoms with Gasteiger partial charge in [-0.15, -0.1) is 16.4 Å². The summed E-state index contributed by atoms with van der Waals surface area (Å²) in [4.78, 5) is 32.2. The standard InChI is InChI=1S/C23H19N5O5S/c1-31-16-5-2-13(3-6-16)17-11-34-23-25-22(26-28(17)23)24-21(30)14-8-20(29)27(10-14)15-4-7-18-19(9-15)33-12-32-18/h2-7,9,11,14H,8,10,12H2,1H3,(H,24,26,30). The van der Waals surface area contributed by atoms with Gasteiger partial charge in [0.05, 0.1) is 18.7 Å². The molecule has 34 heavy (non-hydrogen) atoms. The van der Waals surface area contributed by atoms with E-state index >= 15 is 0 Å². The average Bonchev–Trinajstić information content (AvgIpc) is 3.62. The summed E-state index contributed by atoms with van der Waals surface area (Å²) < 4.78 is 17.6. The Kier molecular flexibility index (Phi) is 4.84. The lowest BCUT2D eigenvalue weighted by atomic mass is 10.1. The highest BCUT2D eigenvalue weighted by Gasteiger charge is 2.36. The molecule has 4 aromatic rings. The SMILES string of the molecule is COc1ccc(-c2csc3nc(NC(=O)C4CC(=O)N(c5ccc6c(c5)OCO6)C4)nn23)cc1. The molecule has 172 valence electrons. The van der Waals surface area contributed by atoms with Crippen molar-refractivity contribution in [2.24, 2.45) is 5.92 Å². The van der Waals surface area contributed by atoms with E-state index in [0.29, 0.717) is 22.1 Å². The summed E-state index contributed by atoms with van der Waals surface area (Å²) in [5.74, 6) is 1.28. The minimum absolute atomic E-state index is 0.111. The van der Waals surface area contributed by atoms with Crippen LogP contribution in [0.15, 0.2) is 47.8 Å². The highest BCUT2D eigenvalue weighted by Crippen LogP contribution is 2.37. The lowest BCUT2D eigenvalue weighted by Crippen LogP contribution is -2.28. The molecular weight excluding hydrogens is 458 g/mol. The van der Waals surface area contributed by atoms with Crippen molar-refractivity contribution in [2.75, 3.05) is 30.7 Å². The molecule has 0 spiro atoms. The number of methoxy groups -OCH3 is 1. The number of amides is 2. The normalized spacial score (nSPS) is 16.9. The minimum Gasteiger partial charge on any atom is -0.497 e. The Morgan fingerprint density at radius 2 is 2.00 bits per heavy atom. The Balaban J connectivity index is 1.17. The molecule has 2 aromatic heterocycles. The molecule has 1 N–H and O–H groups in total. The second kappa shape index (κ2) is 8.03. The van der Waals surface area contributed by atoms with Crippen LogP contribution in [0.5, 0.6) is 17.2 Å². The molecule has 11 heteroatoms. The van der Waals surface area contributed by atoms with E-state index in [9.17, 15) is 9.59 Å². The molecule has 1 saturated heterocycles. The quantitative estimate of drug-likeness (QED) is 0.470. The number of anilines is 2. The molecule has 0 radical (unpaired) electrons. The van der Waals surface area contributed by atoms with Crippen molar-refractivity contribution in [3.05, 3.63) is 47.8 Å². The molecule has 0 bridgehead atoms. The predicted molar refractivity (Wildman–Crippen MR) is 125 cm³/mol. The second-order valence-corrected chi connectivity index (χ2v) is 8.75. The summed E-state index contributed by atoms with van der Waals surface area (Å²) in [6.45, 7) is 0.427. The molecule has 6 rings (SSSR count). The van der Waals surface area contributed by atoms with E-state index < -0.39 is 5.92 Å². The molecule has 10 nitrogen and oxygen atoms in total. The number of hydrogen-bond donors (Lipinski definition) is 1. The number of ether oxygens (including phenoxy) is 3. The van der Waals surface area contributed by atoms with Crippen LogP contribution < -0.4 is 24.4 Å². The number of carbonyl (C=O) groups excluding carboxylic acids is 2. The molecule has 1 atom stereocenters. The molecule has 2 aliphatic heterocycles. The van der Waals surface area contributed by atoms with Crippen LogP contribution in [0.4, 0.5) is 11.6 Å². The number of benzene rings is 2. The second-order valence-electron chi connectivity index (χ2n) is 7.91. The van der Waals surface area contributed by atoms with Crippen molar-refractivity contribution in [1.29, 1.82) is 0 Å². The Morgan fingerprint density at radius 3 is 2.82 bits per heavy atom. The average molecular weight is 478 g/mol. The maximum Gasteiger partial charge on any atom is 0.250 e. The fourth-order valence-corrected chi connectivity index (χ4v) is 4.92. The van der Waals surface area contributed by atoms with Crippen molar-refractivity contribution < 1.29 is 23.8 Å². The van der Waals surface area contributed by atoms with Crippen LogP contribution in [-0.2, 0) is 9.59 Å². The van der Waals surface area contributed by atoms with Gasteiger partial charge in [0.25, 0.3) is 0 Å². The highest BCUT2D eigenvalue weighted by molar-refractivity contribution is 7.15. The fourth-order valence-electron chi connectivity index (χ4n) is 4.09. The lowest BCUT2D eigenvalue weighted by molar-refractivity contribution is -0.122. The highest BCUT2D eigenvalue weighted by atomic mass is 32.1. The summed E-state index contributed by atoms with van der Waals surface area (Å²) in [6, 6.07) is 12.9. The lowest BCUT2D eigenvalue weighted by Gasteiger charge is -2.16. The monoisotopic (exact) mass is 477 g/mol. The van der Waals surface area contributed by atoms with E-state index in [2.05, 4.69) is 15.4 Å². The van der Waals surface area contributed by atoms with E-state index in [-0.39, 0.29) is 37.5 Å². The number of carbonyl (C=O) groups is 2. The first-order valence-corrected chi connectivity index (χ1v) is 11.5. The van der Waals surface area contributed by atoms with Crippen LogP contribution in [0.25, 0.3) is 16.2 Å². The van der Waals surface area contributed by atoms with Gasteiger partial charge in [0.15, 0.2) is 11.5 Å². The maximum absolute atomic E-state index is 12.9. The van der Waals surface area contributed by atoms with Crippen molar-refractivity contribution >= 4 is 39.7 Å². The molecule has 0 saturated carbocycles. The summed E-state index contributed by atoms with van der Waals surface area (Å²) in [7, 11) is 1.62. The summed E-state index contributed by atoms with van der Waals surface area (Å²) >= 11 is 1.43. The van der Waals surface area contributed by atoms with E-state index in [1.54, 1.807) is 34.7 Å². The van der Waals surface area contributed by atoms with Crippen molar-refractivity contribution in [3.8, 4) is 28.5 Å². The molecule has 0 aliphatic carbocycles. The Bertz CT molecular complexity index is 1410. The number of thiazole rings is 1. The molecular formula is C23H19N5O5S. The first-order valence-electron chi connectivity index (χ1n) is 10.6. The topological polar surface area (TPSA) is 107 Å². The van der Waals surface area contributed by atoms with Crippen LogP contribution in [0.3, 0.4) is 0 Å². The number of rotatable bonds is 5. The minimum atomic E-state index is -0.513. The van der Waals surface area contributed by atoms with Gasteiger partial charge in [0.2, 0.25) is 29.5 Å².